The Morgan fingerprint density at radius 1 is 1.14 bits per heavy atom. The number of aryl methyl sites for hydroxylation is 2. The zero-order valence-electron chi connectivity index (χ0n) is 9.22. The van der Waals surface area contributed by atoms with Gasteiger partial charge in [-0.2, -0.15) is 0 Å². The van der Waals surface area contributed by atoms with Gasteiger partial charge in [-0.15, -0.1) is 0 Å². The van der Waals surface area contributed by atoms with Crippen molar-refractivity contribution in [3.05, 3.63) is 34.9 Å². The second-order valence-electron chi connectivity index (χ2n) is 4.47. The molecule has 0 saturated carbocycles. The number of rotatable bonds is 1. The Labute approximate surface area is 86.5 Å². The second kappa shape index (κ2) is 4.14. The predicted molar refractivity (Wildman–Crippen MR) is 59.3 cm³/mol. The van der Waals surface area contributed by atoms with E-state index in [1.807, 2.05) is 0 Å². The van der Waals surface area contributed by atoms with Crippen molar-refractivity contribution in [1.29, 1.82) is 0 Å². The lowest BCUT2D eigenvalue weighted by atomic mass is 9.95. The van der Waals surface area contributed by atoms with Crippen LogP contribution in [0.4, 0.5) is 0 Å². The summed E-state index contributed by atoms with van der Waals surface area (Å²) < 4.78 is 0. The molecule has 1 nitrogen and oxygen atoms in total. The molecule has 1 fully saturated rings. The molecule has 1 aliphatic heterocycles. The topological polar surface area (TPSA) is 16.6 Å². The molecule has 0 spiro atoms. The summed E-state index contributed by atoms with van der Waals surface area (Å²) in [5.41, 5.74) is 4.36. The summed E-state index contributed by atoms with van der Waals surface area (Å²) in [6.45, 7) is 5.70. The van der Waals surface area contributed by atoms with Crippen LogP contribution in [0.1, 0.15) is 42.0 Å². The summed E-state index contributed by atoms with van der Waals surface area (Å²) in [4.78, 5) is 0. The van der Waals surface area contributed by atoms with Gasteiger partial charge >= 0.3 is 0 Å². The minimum atomic E-state index is 0.725. The van der Waals surface area contributed by atoms with Crippen molar-refractivity contribution in [2.24, 2.45) is 0 Å². The molecule has 1 atom stereocenters. The van der Waals surface area contributed by atoms with E-state index in [-0.39, 0.29) is 0 Å². The maximum atomic E-state index is 2.49. The zero-order chi connectivity index (χ0) is 9.97. The monoisotopic (exact) mass is 190 g/mol. The molecule has 0 unspecified atom stereocenters. The molecule has 14 heavy (non-hydrogen) atoms. The van der Waals surface area contributed by atoms with Gasteiger partial charge in [-0.05, 0) is 43.9 Å². The average molecular weight is 190 g/mol. The first kappa shape index (κ1) is 9.72. The first-order valence-corrected chi connectivity index (χ1v) is 5.68. The molecule has 1 aromatic carbocycles. The largest absolute Gasteiger partial charge is 0.340 e. The van der Waals surface area contributed by atoms with Gasteiger partial charge in [0.1, 0.15) is 6.04 Å². The minimum absolute atomic E-state index is 0.725. The van der Waals surface area contributed by atoms with E-state index < -0.39 is 0 Å². The van der Waals surface area contributed by atoms with Gasteiger partial charge in [0.2, 0.25) is 0 Å². The Balaban J connectivity index is 2.18. The van der Waals surface area contributed by atoms with Crippen LogP contribution < -0.4 is 5.32 Å². The average Bonchev–Trinajstić information content (AvgIpc) is 2.23. The molecule has 0 aliphatic carbocycles. The number of piperidine rings is 1. The molecule has 2 rings (SSSR count). The molecule has 0 aromatic heterocycles. The van der Waals surface area contributed by atoms with E-state index in [9.17, 15) is 0 Å². The third-order valence-electron chi connectivity index (χ3n) is 3.38. The molecule has 0 amide bonds. The molecule has 1 aliphatic rings. The van der Waals surface area contributed by atoms with E-state index in [1.54, 1.807) is 0 Å². The Hall–Kier alpha value is -0.820. The standard InChI is InChI=1S/C13H19N/c1-10-6-7-12(9-11(10)2)13-5-3-4-8-14-13/h6-7,9,13-14H,3-5,8H2,1-2H3/p+1/t13-/m0/s1. The van der Waals surface area contributed by atoms with E-state index >= 15 is 0 Å². The van der Waals surface area contributed by atoms with Gasteiger partial charge in [-0.1, -0.05) is 12.1 Å². The quantitative estimate of drug-likeness (QED) is 0.698. The first-order valence-electron chi connectivity index (χ1n) is 5.68. The van der Waals surface area contributed by atoms with Gasteiger partial charge in [-0.25, -0.2) is 0 Å². The predicted octanol–water partition coefficient (Wildman–Crippen LogP) is 2.09. The summed E-state index contributed by atoms with van der Waals surface area (Å²) in [6.07, 6.45) is 4.14. The van der Waals surface area contributed by atoms with Crippen molar-refractivity contribution in [1.82, 2.24) is 0 Å². The van der Waals surface area contributed by atoms with E-state index in [2.05, 4.69) is 37.4 Å². The molecule has 76 valence electrons. The maximum Gasteiger partial charge on any atom is 0.112 e. The third-order valence-corrected chi connectivity index (χ3v) is 3.38. The number of quaternary nitrogens is 1. The minimum Gasteiger partial charge on any atom is -0.340 e. The van der Waals surface area contributed by atoms with Gasteiger partial charge in [0, 0.05) is 12.0 Å². The summed E-state index contributed by atoms with van der Waals surface area (Å²) in [7, 11) is 0. The van der Waals surface area contributed by atoms with Crippen molar-refractivity contribution in [3.63, 3.8) is 0 Å². The lowest BCUT2D eigenvalue weighted by Gasteiger charge is -2.21. The smallest absolute Gasteiger partial charge is 0.112 e. The molecule has 0 radical (unpaired) electrons. The van der Waals surface area contributed by atoms with Gasteiger partial charge in [-0.3, -0.25) is 0 Å². The lowest BCUT2D eigenvalue weighted by Crippen LogP contribution is -2.86. The first-order chi connectivity index (χ1) is 6.77. The molecule has 0 bridgehead atoms. The van der Waals surface area contributed by atoms with E-state index in [4.69, 9.17) is 0 Å². The summed E-state index contributed by atoms with van der Waals surface area (Å²) in [5, 5.41) is 2.49. The summed E-state index contributed by atoms with van der Waals surface area (Å²) in [5.74, 6) is 0. The van der Waals surface area contributed by atoms with Crippen LogP contribution in [0.2, 0.25) is 0 Å². The van der Waals surface area contributed by atoms with Crippen LogP contribution in [0, 0.1) is 13.8 Å². The Morgan fingerprint density at radius 2 is 2.00 bits per heavy atom. The van der Waals surface area contributed by atoms with Crippen LogP contribution in [0.25, 0.3) is 0 Å². The van der Waals surface area contributed by atoms with E-state index in [1.165, 1.54) is 42.5 Å². The van der Waals surface area contributed by atoms with Gasteiger partial charge in [0.15, 0.2) is 0 Å². The normalized spacial score (nSPS) is 22.3. The van der Waals surface area contributed by atoms with E-state index in [0.29, 0.717) is 0 Å². The zero-order valence-corrected chi connectivity index (χ0v) is 9.22. The van der Waals surface area contributed by atoms with Gasteiger partial charge in [0.05, 0.1) is 6.54 Å². The van der Waals surface area contributed by atoms with Crippen LogP contribution in [0.5, 0.6) is 0 Å². The highest BCUT2D eigenvalue weighted by atomic mass is 14.9. The fourth-order valence-corrected chi connectivity index (χ4v) is 2.24. The molecule has 1 aromatic rings. The SMILES string of the molecule is Cc1ccc([C@@H]2CCCC[NH2+]2)cc1C. The van der Waals surface area contributed by atoms with Crippen LogP contribution in [-0.4, -0.2) is 6.54 Å². The highest BCUT2D eigenvalue weighted by Gasteiger charge is 2.18. The van der Waals surface area contributed by atoms with E-state index in [0.717, 1.165) is 6.04 Å². The summed E-state index contributed by atoms with van der Waals surface area (Å²) >= 11 is 0. The number of hydrogen-bond donors (Lipinski definition) is 1. The fraction of sp³-hybridized carbons (Fsp3) is 0.538. The second-order valence-corrected chi connectivity index (χ2v) is 4.47. The maximum absolute atomic E-state index is 2.49. The molecule has 2 N–H and O–H groups in total. The molecule has 1 heterocycles. The third kappa shape index (κ3) is 1.98. The van der Waals surface area contributed by atoms with Crippen molar-refractivity contribution in [3.8, 4) is 0 Å². The molecular weight excluding hydrogens is 170 g/mol. The van der Waals surface area contributed by atoms with Crippen LogP contribution in [0.15, 0.2) is 18.2 Å². The van der Waals surface area contributed by atoms with Gasteiger partial charge < -0.3 is 5.32 Å². The molecular formula is C13H20N+. The number of nitrogens with two attached hydrogens (primary N) is 1. The summed E-state index contributed by atoms with van der Waals surface area (Å²) in [6, 6.07) is 7.65. The van der Waals surface area contributed by atoms with Crippen LogP contribution >= 0.6 is 0 Å². The van der Waals surface area contributed by atoms with Crippen LogP contribution in [-0.2, 0) is 0 Å². The highest BCUT2D eigenvalue weighted by molar-refractivity contribution is 5.30. The highest BCUT2D eigenvalue weighted by Crippen LogP contribution is 2.20. The Bertz CT molecular complexity index is 311. The number of benzene rings is 1. The van der Waals surface area contributed by atoms with Crippen molar-refractivity contribution < 1.29 is 5.32 Å². The molecule has 1 heteroatoms. The molecule has 1 saturated heterocycles. The lowest BCUT2D eigenvalue weighted by molar-refractivity contribution is -0.704. The van der Waals surface area contributed by atoms with Gasteiger partial charge in [0.25, 0.3) is 0 Å². The van der Waals surface area contributed by atoms with Crippen molar-refractivity contribution in [2.45, 2.75) is 39.2 Å². The Morgan fingerprint density at radius 3 is 2.64 bits per heavy atom. The number of hydrogen-bond acceptors (Lipinski definition) is 0. The Kier molecular flexibility index (Phi) is 2.87. The fourth-order valence-electron chi connectivity index (χ4n) is 2.24. The van der Waals surface area contributed by atoms with Crippen molar-refractivity contribution in [2.75, 3.05) is 6.54 Å². The van der Waals surface area contributed by atoms with Crippen LogP contribution in [0.3, 0.4) is 0 Å². The van der Waals surface area contributed by atoms with Crippen molar-refractivity contribution >= 4 is 0 Å².